The van der Waals surface area contributed by atoms with Gasteiger partial charge in [0.2, 0.25) is 5.91 Å². The number of aromatic nitrogens is 2. The lowest BCUT2D eigenvalue weighted by Crippen LogP contribution is -2.44. The van der Waals surface area contributed by atoms with Crippen molar-refractivity contribution in [1.29, 1.82) is 0 Å². The van der Waals surface area contributed by atoms with Gasteiger partial charge in [-0.05, 0) is 33.1 Å². The first-order valence-corrected chi connectivity index (χ1v) is 6.49. The van der Waals surface area contributed by atoms with Crippen LogP contribution in [0.25, 0.3) is 0 Å². The minimum Gasteiger partial charge on any atom is -0.355 e. The molecule has 1 aromatic rings. The van der Waals surface area contributed by atoms with Crippen molar-refractivity contribution in [1.82, 2.24) is 20.6 Å². The van der Waals surface area contributed by atoms with Crippen molar-refractivity contribution < 1.29 is 4.79 Å². The summed E-state index contributed by atoms with van der Waals surface area (Å²) < 4.78 is 0. The molecule has 1 amide bonds. The van der Waals surface area contributed by atoms with Crippen LogP contribution in [0.2, 0.25) is 0 Å². The maximum atomic E-state index is 11.9. The first kappa shape index (κ1) is 13.0. The zero-order valence-electron chi connectivity index (χ0n) is 10.9. The zero-order chi connectivity index (χ0) is 13.0. The summed E-state index contributed by atoms with van der Waals surface area (Å²) in [5.41, 5.74) is 1.82. The second-order valence-electron chi connectivity index (χ2n) is 4.75. The molecule has 0 aromatic carbocycles. The predicted molar refractivity (Wildman–Crippen MR) is 69.0 cm³/mol. The van der Waals surface area contributed by atoms with E-state index in [1.165, 1.54) is 0 Å². The molecule has 0 aliphatic carbocycles. The fourth-order valence-corrected chi connectivity index (χ4v) is 2.32. The lowest BCUT2D eigenvalue weighted by Gasteiger charge is -2.21. The SMILES string of the molecule is Cc1nccnc1C(C)NC1CCCCNC1=O. The summed E-state index contributed by atoms with van der Waals surface area (Å²) in [6, 6.07) is -0.0866. The number of rotatable bonds is 3. The third-order valence-electron chi connectivity index (χ3n) is 3.32. The third kappa shape index (κ3) is 3.04. The van der Waals surface area contributed by atoms with Gasteiger partial charge in [0.05, 0.1) is 17.4 Å². The molecule has 1 aromatic heterocycles. The molecule has 0 saturated carbocycles. The Morgan fingerprint density at radius 3 is 2.94 bits per heavy atom. The highest BCUT2D eigenvalue weighted by molar-refractivity contribution is 5.81. The minimum atomic E-state index is -0.121. The Kier molecular flexibility index (Phi) is 4.25. The Balaban J connectivity index is 2.04. The Labute approximate surface area is 107 Å². The van der Waals surface area contributed by atoms with Crippen molar-refractivity contribution >= 4 is 5.91 Å². The van der Waals surface area contributed by atoms with Gasteiger partial charge in [-0.25, -0.2) is 0 Å². The molecule has 2 unspecified atom stereocenters. The van der Waals surface area contributed by atoms with E-state index in [0.29, 0.717) is 0 Å². The van der Waals surface area contributed by atoms with Crippen LogP contribution in [0.5, 0.6) is 0 Å². The number of nitrogens with one attached hydrogen (secondary N) is 2. The van der Waals surface area contributed by atoms with E-state index in [-0.39, 0.29) is 18.0 Å². The fraction of sp³-hybridized carbons (Fsp3) is 0.615. The normalized spacial score (nSPS) is 22.1. The molecule has 5 nitrogen and oxygen atoms in total. The number of carbonyl (C=O) groups is 1. The topological polar surface area (TPSA) is 66.9 Å². The molecule has 2 atom stereocenters. The lowest BCUT2D eigenvalue weighted by molar-refractivity contribution is -0.123. The number of amides is 1. The van der Waals surface area contributed by atoms with Crippen molar-refractivity contribution in [3.05, 3.63) is 23.8 Å². The number of aryl methyl sites for hydroxylation is 1. The van der Waals surface area contributed by atoms with Crippen LogP contribution in [0.1, 0.15) is 43.6 Å². The summed E-state index contributed by atoms with van der Waals surface area (Å²) in [7, 11) is 0. The van der Waals surface area contributed by atoms with Gasteiger partial charge in [0.15, 0.2) is 0 Å². The maximum Gasteiger partial charge on any atom is 0.237 e. The fourth-order valence-electron chi connectivity index (χ4n) is 2.32. The largest absolute Gasteiger partial charge is 0.355 e. The Hall–Kier alpha value is -1.49. The molecule has 18 heavy (non-hydrogen) atoms. The highest BCUT2D eigenvalue weighted by Crippen LogP contribution is 2.15. The molecule has 2 N–H and O–H groups in total. The summed E-state index contributed by atoms with van der Waals surface area (Å²) in [4.78, 5) is 20.4. The van der Waals surface area contributed by atoms with Gasteiger partial charge in [0, 0.05) is 25.0 Å². The molecule has 0 bridgehead atoms. The number of hydrogen-bond acceptors (Lipinski definition) is 4. The van der Waals surface area contributed by atoms with Crippen LogP contribution in [-0.2, 0) is 4.79 Å². The monoisotopic (exact) mass is 248 g/mol. The lowest BCUT2D eigenvalue weighted by atomic mass is 10.1. The zero-order valence-corrected chi connectivity index (χ0v) is 10.9. The van der Waals surface area contributed by atoms with Crippen molar-refractivity contribution in [3.63, 3.8) is 0 Å². The number of carbonyl (C=O) groups excluding carboxylic acids is 1. The van der Waals surface area contributed by atoms with Gasteiger partial charge < -0.3 is 5.32 Å². The van der Waals surface area contributed by atoms with E-state index in [1.54, 1.807) is 12.4 Å². The molecule has 2 rings (SSSR count). The summed E-state index contributed by atoms with van der Waals surface area (Å²) in [5.74, 6) is 0.0980. The van der Waals surface area contributed by atoms with Gasteiger partial charge in [-0.15, -0.1) is 0 Å². The first-order valence-electron chi connectivity index (χ1n) is 6.49. The number of hydrogen-bond donors (Lipinski definition) is 2. The highest BCUT2D eigenvalue weighted by atomic mass is 16.2. The van der Waals surface area contributed by atoms with Crippen LogP contribution in [0, 0.1) is 6.92 Å². The van der Waals surface area contributed by atoms with Gasteiger partial charge in [-0.3, -0.25) is 20.1 Å². The summed E-state index contributed by atoms with van der Waals surface area (Å²) >= 11 is 0. The van der Waals surface area contributed by atoms with E-state index >= 15 is 0 Å². The van der Waals surface area contributed by atoms with Gasteiger partial charge >= 0.3 is 0 Å². The van der Waals surface area contributed by atoms with Crippen LogP contribution in [-0.4, -0.2) is 28.5 Å². The van der Waals surface area contributed by atoms with E-state index in [0.717, 1.165) is 37.2 Å². The number of nitrogens with zero attached hydrogens (tertiary/aromatic N) is 2. The second-order valence-corrected chi connectivity index (χ2v) is 4.75. The molecule has 0 radical (unpaired) electrons. The van der Waals surface area contributed by atoms with Crippen LogP contribution in [0.3, 0.4) is 0 Å². The smallest absolute Gasteiger partial charge is 0.237 e. The van der Waals surface area contributed by atoms with E-state index < -0.39 is 0 Å². The average Bonchev–Trinajstić information content (AvgIpc) is 2.55. The van der Waals surface area contributed by atoms with Gasteiger partial charge in [-0.1, -0.05) is 0 Å². The van der Waals surface area contributed by atoms with E-state index in [4.69, 9.17) is 0 Å². The van der Waals surface area contributed by atoms with E-state index in [2.05, 4.69) is 20.6 Å². The van der Waals surface area contributed by atoms with Crippen molar-refractivity contribution in [3.8, 4) is 0 Å². The molecular formula is C13H20N4O. The van der Waals surface area contributed by atoms with Crippen LogP contribution in [0.15, 0.2) is 12.4 Å². The summed E-state index contributed by atoms with van der Waals surface area (Å²) in [6.45, 7) is 4.75. The quantitative estimate of drug-likeness (QED) is 0.840. The summed E-state index contributed by atoms with van der Waals surface area (Å²) in [5, 5.41) is 6.28. The van der Waals surface area contributed by atoms with Crippen LogP contribution in [0.4, 0.5) is 0 Å². The molecule has 1 aliphatic rings. The Morgan fingerprint density at radius 2 is 2.17 bits per heavy atom. The second kappa shape index (κ2) is 5.91. The van der Waals surface area contributed by atoms with Crippen molar-refractivity contribution in [2.24, 2.45) is 0 Å². The Morgan fingerprint density at radius 1 is 1.39 bits per heavy atom. The van der Waals surface area contributed by atoms with E-state index in [1.807, 2.05) is 13.8 Å². The molecular weight excluding hydrogens is 228 g/mol. The first-order chi connectivity index (χ1) is 8.68. The third-order valence-corrected chi connectivity index (χ3v) is 3.32. The van der Waals surface area contributed by atoms with Gasteiger partial charge in [0.1, 0.15) is 0 Å². The van der Waals surface area contributed by atoms with Crippen molar-refractivity contribution in [2.45, 2.75) is 45.2 Å². The molecule has 5 heteroatoms. The van der Waals surface area contributed by atoms with Crippen molar-refractivity contribution in [2.75, 3.05) is 6.54 Å². The van der Waals surface area contributed by atoms with E-state index in [9.17, 15) is 4.79 Å². The predicted octanol–water partition coefficient (Wildman–Crippen LogP) is 1.10. The molecule has 1 aliphatic heterocycles. The molecule has 2 heterocycles. The van der Waals surface area contributed by atoms with Crippen LogP contribution < -0.4 is 10.6 Å². The summed E-state index contributed by atoms with van der Waals surface area (Å²) in [6.07, 6.45) is 6.39. The standard InChI is InChI=1S/C13H20N4O/c1-9-12(15-8-7-14-9)10(2)17-11-5-3-4-6-16-13(11)18/h7-8,10-11,17H,3-6H2,1-2H3,(H,16,18). The molecule has 0 spiro atoms. The average molecular weight is 248 g/mol. The molecule has 1 saturated heterocycles. The Bertz CT molecular complexity index is 421. The van der Waals surface area contributed by atoms with Crippen LogP contribution >= 0.6 is 0 Å². The highest BCUT2D eigenvalue weighted by Gasteiger charge is 2.23. The van der Waals surface area contributed by atoms with Gasteiger partial charge in [0.25, 0.3) is 0 Å². The molecule has 98 valence electrons. The van der Waals surface area contributed by atoms with Gasteiger partial charge in [-0.2, -0.15) is 0 Å². The maximum absolute atomic E-state index is 11.9. The molecule has 1 fully saturated rings. The minimum absolute atomic E-state index is 0.0348.